The number of halogens is 1. The zero-order valence-electron chi connectivity index (χ0n) is 14.9. The van der Waals surface area contributed by atoms with Crippen molar-refractivity contribution in [2.75, 3.05) is 33.4 Å². The molecule has 0 unspecified atom stereocenters. The molecule has 1 atom stereocenters. The molecular formula is C18H22ClN3O4. The first-order chi connectivity index (χ1) is 12.6. The van der Waals surface area contributed by atoms with Gasteiger partial charge in [-0.1, -0.05) is 11.6 Å². The molecule has 26 heavy (non-hydrogen) atoms. The van der Waals surface area contributed by atoms with E-state index < -0.39 is 0 Å². The Labute approximate surface area is 157 Å². The summed E-state index contributed by atoms with van der Waals surface area (Å²) in [4.78, 5) is 21.9. The molecule has 2 heterocycles. The third-order valence-corrected chi connectivity index (χ3v) is 4.59. The number of carbonyl (C=O) groups is 1. The lowest BCUT2D eigenvalue weighted by molar-refractivity contribution is -0.148. The molecule has 0 spiro atoms. The molecule has 0 aliphatic carbocycles. The largest absolute Gasteiger partial charge is 0.493 e. The molecular weight excluding hydrogens is 358 g/mol. The molecule has 2 aromatic rings. The van der Waals surface area contributed by atoms with E-state index in [-0.39, 0.29) is 18.7 Å². The maximum Gasteiger partial charge on any atom is 0.303 e. The smallest absolute Gasteiger partial charge is 0.303 e. The van der Waals surface area contributed by atoms with Gasteiger partial charge in [0.2, 0.25) is 0 Å². The van der Waals surface area contributed by atoms with Crippen molar-refractivity contribution in [2.24, 2.45) is 0 Å². The number of methoxy groups -OCH3 is 1. The van der Waals surface area contributed by atoms with E-state index in [1.807, 2.05) is 0 Å². The zero-order chi connectivity index (χ0) is 18.5. The Hall–Kier alpha value is -2.12. The number of hydrogen-bond donors (Lipinski definition) is 0. The summed E-state index contributed by atoms with van der Waals surface area (Å²) in [6, 6.07) is 3.50. The Kier molecular flexibility index (Phi) is 6.11. The molecule has 8 heteroatoms. The highest BCUT2D eigenvalue weighted by Crippen LogP contribution is 2.33. The van der Waals surface area contributed by atoms with E-state index in [4.69, 9.17) is 25.8 Å². The van der Waals surface area contributed by atoms with Crippen LogP contribution in [-0.2, 0) is 9.53 Å². The summed E-state index contributed by atoms with van der Waals surface area (Å²) in [7, 11) is 1.56. The van der Waals surface area contributed by atoms with Crippen molar-refractivity contribution in [3.63, 3.8) is 0 Å². The quantitative estimate of drug-likeness (QED) is 0.540. The Balaban J connectivity index is 1.75. The highest BCUT2D eigenvalue weighted by Gasteiger charge is 2.21. The molecule has 1 fully saturated rings. The van der Waals surface area contributed by atoms with Crippen molar-refractivity contribution in [1.82, 2.24) is 14.9 Å². The molecule has 0 bridgehead atoms. The van der Waals surface area contributed by atoms with Crippen molar-refractivity contribution < 1.29 is 19.0 Å². The summed E-state index contributed by atoms with van der Waals surface area (Å²) in [5, 5.41) is 1.04. The van der Waals surface area contributed by atoms with Gasteiger partial charge in [0.15, 0.2) is 11.5 Å². The van der Waals surface area contributed by atoms with E-state index in [0.717, 1.165) is 13.1 Å². The number of hydrogen-bond acceptors (Lipinski definition) is 7. The van der Waals surface area contributed by atoms with Crippen LogP contribution in [0, 0.1) is 0 Å². The molecule has 1 aliphatic rings. The lowest BCUT2D eigenvalue weighted by Gasteiger charge is -2.23. The van der Waals surface area contributed by atoms with E-state index in [0.29, 0.717) is 34.1 Å². The van der Waals surface area contributed by atoms with Gasteiger partial charge in [0.1, 0.15) is 24.2 Å². The SMILES string of the molecule is COc1cc2c(Cl)ncnc2cc1OC[C@H](CN1CCCC1)OC(C)=O. The Morgan fingerprint density at radius 1 is 1.27 bits per heavy atom. The second kappa shape index (κ2) is 8.51. The number of ether oxygens (including phenoxy) is 3. The topological polar surface area (TPSA) is 73.8 Å². The highest BCUT2D eigenvalue weighted by atomic mass is 35.5. The standard InChI is InChI=1S/C18H22ClN3O4/c1-12(23)26-13(9-22-5-3-4-6-22)10-25-17-8-15-14(7-16(17)24-2)18(19)21-11-20-15/h7-8,11,13H,3-6,9-10H2,1-2H3/t13-/m0/s1. The minimum absolute atomic E-state index is 0.233. The van der Waals surface area contributed by atoms with Crippen LogP contribution in [0.5, 0.6) is 11.5 Å². The van der Waals surface area contributed by atoms with Gasteiger partial charge in [-0.2, -0.15) is 0 Å². The molecule has 7 nitrogen and oxygen atoms in total. The predicted octanol–water partition coefficient (Wildman–Crippen LogP) is 2.70. The molecule has 0 amide bonds. The first-order valence-corrected chi connectivity index (χ1v) is 8.95. The fraction of sp³-hybridized carbons (Fsp3) is 0.500. The maximum absolute atomic E-state index is 11.4. The maximum atomic E-state index is 11.4. The lowest BCUT2D eigenvalue weighted by atomic mass is 10.2. The summed E-state index contributed by atoms with van der Waals surface area (Å²) in [6.45, 7) is 4.34. The van der Waals surface area contributed by atoms with Crippen molar-refractivity contribution in [3.05, 3.63) is 23.6 Å². The molecule has 3 rings (SSSR count). The number of esters is 1. The number of benzene rings is 1. The van der Waals surface area contributed by atoms with Crippen LogP contribution in [0.15, 0.2) is 18.5 Å². The molecule has 0 saturated carbocycles. The Morgan fingerprint density at radius 2 is 2.04 bits per heavy atom. The normalized spacial score (nSPS) is 15.8. The number of rotatable bonds is 7. The van der Waals surface area contributed by atoms with E-state index >= 15 is 0 Å². The van der Waals surface area contributed by atoms with Gasteiger partial charge in [0.05, 0.1) is 12.6 Å². The van der Waals surface area contributed by atoms with E-state index in [1.54, 1.807) is 19.2 Å². The number of nitrogens with zero attached hydrogens (tertiary/aromatic N) is 3. The van der Waals surface area contributed by atoms with Crippen molar-refractivity contribution in [1.29, 1.82) is 0 Å². The van der Waals surface area contributed by atoms with Gasteiger partial charge in [-0.15, -0.1) is 0 Å². The van der Waals surface area contributed by atoms with Crippen LogP contribution >= 0.6 is 11.6 Å². The fourth-order valence-corrected chi connectivity index (χ4v) is 3.29. The summed E-state index contributed by atoms with van der Waals surface area (Å²) in [5.74, 6) is 0.730. The highest BCUT2D eigenvalue weighted by molar-refractivity contribution is 6.34. The average molecular weight is 380 g/mol. The molecule has 1 aromatic carbocycles. The predicted molar refractivity (Wildman–Crippen MR) is 97.8 cm³/mol. The summed E-state index contributed by atoms with van der Waals surface area (Å²) < 4.78 is 16.7. The number of carbonyl (C=O) groups excluding carboxylic acids is 1. The fourth-order valence-electron chi connectivity index (χ4n) is 3.10. The van der Waals surface area contributed by atoms with Gasteiger partial charge < -0.3 is 14.2 Å². The molecule has 1 aliphatic heterocycles. The van der Waals surface area contributed by atoms with Gasteiger partial charge in [0, 0.05) is 24.9 Å². The third-order valence-electron chi connectivity index (χ3n) is 4.29. The minimum atomic E-state index is -0.347. The minimum Gasteiger partial charge on any atom is -0.493 e. The summed E-state index contributed by atoms with van der Waals surface area (Å²) in [6.07, 6.45) is 3.40. The molecule has 1 aromatic heterocycles. The number of fused-ring (bicyclic) bond motifs is 1. The van der Waals surface area contributed by atoms with E-state index in [2.05, 4.69) is 14.9 Å². The first kappa shape index (κ1) is 18.7. The molecule has 140 valence electrons. The van der Waals surface area contributed by atoms with Crippen molar-refractivity contribution >= 4 is 28.5 Å². The molecule has 1 saturated heterocycles. The Morgan fingerprint density at radius 3 is 2.73 bits per heavy atom. The van der Waals surface area contributed by atoms with Crippen LogP contribution in [0.25, 0.3) is 10.9 Å². The van der Waals surface area contributed by atoms with Crippen LogP contribution in [0.2, 0.25) is 5.15 Å². The summed E-state index contributed by atoms with van der Waals surface area (Å²) in [5.41, 5.74) is 0.657. The monoisotopic (exact) mass is 379 g/mol. The zero-order valence-corrected chi connectivity index (χ0v) is 15.7. The average Bonchev–Trinajstić information content (AvgIpc) is 3.12. The van der Waals surface area contributed by atoms with Gasteiger partial charge in [0.25, 0.3) is 0 Å². The second-order valence-corrected chi connectivity index (χ2v) is 6.59. The van der Waals surface area contributed by atoms with Crippen LogP contribution in [0.3, 0.4) is 0 Å². The van der Waals surface area contributed by atoms with Crippen LogP contribution in [0.4, 0.5) is 0 Å². The Bertz CT molecular complexity index is 780. The van der Waals surface area contributed by atoms with Gasteiger partial charge in [-0.3, -0.25) is 9.69 Å². The third kappa shape index (κ3) is 4.53. The van der Waals surface area contributed by atoms with Crippen LogP contribution in [-0.4, -0.2) is 60.3 Å². The van der Waals surface area contributed by atoms with Gasteiger partial charge >= 0.3 is 5.97 Å². The van der Waals surface area contributed by atoms with Crippen molar-refractivity contribution in [3.8, 4) is 11.5 Å². The van der Waals surface area contributed by atoms with Crippen LogP contribution < -0.4 is 9.47 Å². The van der Waals surface area contributed by atoms with Gasteiger partial charge in [-0.25, -0.2) is 9.97 Å². The lowest BCUT2D eigenvalue weighted by Crippen LogP contribution is -2.36. The van der Waals surface area contributed by atoms with E-state index in [9.17, 15) is 4.79 Å². The van der Waals surface area contributed by atoms with Crippen molar-refractivity contribution in [2.45, 2.75) is 25.9 Å². The van der Waals surface area contributed by atoms with Crippen LogP contribution in [0.1, 0.15) is 19.8 Å². The van der Waals surface area contributed by atoms with E-state index in [1.165, 1.54) is 26.1 Å². The number of aromatic nitrogens is 2. The second-order valence-electron chi connectivity index (χ2n) is 6.23. The van der Waals surface area contributed by atoms with Gasteiger partial charge in [-0.05, 0) is 32.0 Å². The summed E-state index contributed by atoms with van der Waals surface area (Å²) >= 11 is 6.11. The number of likely N-dealkylation sites (tertiary alicyclic amines) is 1. The first-order valence-electron chi connectivity index (χ1n) is 8.57. The molecule has 0 radical (unpaired) electrons. The molecule has 0 N–H and O–H groups in total.